The van der Waals surface area contributed by atoms with Crippen molar-refractivity contribution in [1.29, 1.82) is 0 Å². The predicted molar refractivity (Wildman–Crippen MR) is 71.1 cm³/mol. The highest BCUT2D eigenvalue weighted by Crippen LogP contribution is 2.21. The molecule has 1 fully saturated rings. The van der Waals surface area contributed by atoms with Crippen molar-refractivity contribution in [1.82, 2.24) is 10.3 Å². The molecule has 4 nitrogen and oxygen atoms in total. The minimum absolute atomic E-state index is 0.563. The van der Waals surface area contributed by atoms with E-state index in [4.69, 9.17) is 16.6 Å². The standard InChI is InChI=1S/C12H13N3OS/c1-7-13-10-6-9(4-5-11(10)16-7)15-12(17)14-8-2-3-8/h4-6,8H,2-3H2,1H3,(H2,14,15,17). The second-order valence-electron chi connectivity index (χ2n) is 4.29. The van der Waals surface area contributed by atoms with E-state index >= 15 is 0 Å². The minimum atomic E-state index is 0.563. The maximum atomic E-state index is 5.42. The molecule has 1 aliphatic rings. The van der Waals surface area contributed by atoms with Crippen molar-refractivity contribution in [3.8, 4) is 0 Å². The molecule has 1 saturated carbocycles. The molecule has 1 aliphatic carbocycles. The van der Waals surface area contributed by atoms with Crippen LogP contribution in [0, 0.1) is 6.92 Å². The van der Waals surface area contributed by atoms with Crippen LogP contribution in [0.25, 0.3) is 11.1 Å². The van der Waals surface area contributed by atoms with Crippen molar-refractivity contribution in [2.24, 2.45) is 0 Å². The molecule has 0 amide bonds. The summed E-state index contributed by atoms with van der Waals surface area (Å²) in [5.74, 6) is 0.677. The van der Waals surface area contributed by atoms with Crippen molar-refractivity contribution in [2.45, 2.75) is 25.8 Å². The Hall–Kier alpha value is -1.62. The van der Waals surface area contributed by atoms with Gasteiger partial charge >= 0.3 is 0 Å². The van der Waals surface area contributed by atoms with Gasteiger partial charge in [0, 0.05) is 18.7 Å². The van der Waals surface area contributed by atoms with E-state index in [0.29, 0.717) is 17.0 Å². The third-order valence-corrected chi connectivity index (χ3v) is 2.88. The number of fused-ring (bicyclic) bond motifs is 1. The lowest BCUT2D eigenvalue weighted by molar-refractivity contribution is 0.561. The highest BCUT2D eigenvalue weighted by Gasteiger charge is 2.21. The van der Waals surface area contributed by atoms with Crippen LogP contribution in [0.4, 0.5) is 5.69 Å². The number of hydrogen-bond acceptors (Lipinski definition) is 3. The number of anilines is 1. The molecule has 0 atom stereocenters. The molecule has 0 saturated heterocycles. The smallest absolute Gasteiger partial charge is 0.192 e. The Kier molecular flexibility index (Phi) is 2.48. The fourth-order valence-corrected chi connectivity index (χ4v) is 1.99. The molecule has 88 valence electrons. The number of benzene rings is 1. The van der Waals surface area contributed by atoms with Gasteiger partial charge < -0.3 is 15.1 Å². The molecule has 0 radical (unpaired) electrons. The van der Waals surface area contributed by atoms with Gasteiger partial charge in [0.2, 0.25) is 0 Å². The van der Waals surface area contributed by atoms with Crippen LogP contribution >= 0.6 is 12.2 Å². The molecular formula is C12H13N3OS. The summed E-state index contributed by atoms with van der Waals surface area (Å²) in [5.41, 5.74) is 2.58. The number of thiocarbonyl (C=S) groups is 1. The van der Waals surface area contributed by atoms with Crippen LogP contribution in [0.3, 0.4) is 0 Å². The van der Waals surface area contributed by atoms with Crippen molar-refractivity contribution < 1.29 is 4.42 Å². The van der Waals surface area contributed by atoms with Gasteiger partial charge in [0.1, 0.15) is 5.52 Å². The van der Waals surface area contributed by atoms with Crippen molar-refractivity contribution in [3.05, 3.63) is 24.1 Å². The van der Waals surface area contributed by atoms with Crippen LogP contribution in [0.1, 0.15) is 18.7 Å². The van der Waals surface area contributed by atoms with E-state index in [9.17, 15) is 0 Å². The molecule has 1 aromatic carbocycles. The molecule has 0 spiro atoms. The van der Waals surface area contributed by atoms with Crippen molar-refractivity contribution in [3.63, 3.8) is 0 Å². The number of rotatable bonds is 2. The summed E-state index contributed by atoms with van der Waals surface area (Å²) in [7, 11) is 0. The van der Waals surface area contributed by atoms with Gasteiger partial charge in [-0.05, 0) is 43.3 Å². The van der Waals surface area contributed by atoms with Gasteiger partial charge in [-0.1, -0.05) is 0 Å². The largest absolute Gasteiger partial charge is 0.441 e. The first kappa shape index (κ1) is 10.5. The lowest BCUT2D eigenvalue weighted by atomic mass is 10.3. The first-order chi connectivity index (χ1) is 8.20. The lowest BCUT2D eigenvalue weighted by Gasteiger charge is -2.08. The normalized spacial score (nSPS) is 14.9. The van der Waals surface area contributed by atoms with Crippen LogP contribution in [0.15, 0.2) is 22.6 Å². The second kappa shape index (κ2) is 4.00. The molecule has 1 heterocycles. The van der Waals surface area contributed by atoms with Gasteiger partial charge in [0.05, 0.1) is 0 Å². The molecule has 2 N–H and O–H groups in total. The maximum Gasteiger partial charge on any atom is 0.192 e. The van der Waals surface area contributed by atoms with Crippen LogP contribution < -0.4 is 10.6 Å². The van der Waals surface area contributed by atoms with Gasteiger partial charge in [0.25, 0.3) is 0 Å². The Morgan fingerprint density at radius 2 is 2.29 bits per heavy atom. The quantitative estimate of drug-likeness (QED) is 0.799. The third-order valence-electron chi connectivity index (χ3n) is 2.66. The van der Waals surface area contributed by atoms with Crippen LogP contribution in [-0.2, 0) is 0 Å². The fraction of sp³-hybridized carbons (Fsp3) is 0.333. The third kappa shape index (κ3) is 2.39. The first-order valence-electron chi connectivity index (χ1n) is 5.65. The molecule has 5 heteroatoms. The van der Waals surface area contributed by atoms with Crippen LogP contribution in [0.2, 0.25) is 0 Å². The Morgan fingerprint density at radius 1 is 1.47 bits per heavy atom. The monoisotopic (exact) mass is 247 g/mol. The van der Waals surface area contributed by atoms with E-state index in [-0.39, 0.29) is 0 Å². The number of aromatic nitrogens is 1. The van der Waals surface area contributed by atoms with E-state index in [0.717, 1.165) is 16.8 Å². The molecule has 0 unspecified atom stereocenters. The average molecular weight is 247 g/mol. The van der Waals surface area contributed by atoms with Gasteiger partial charge in [-0.15, -0.1) is 0 Å². The molecular weight excluding hydrogens is 234 g/mol. The highest BCUT2D eigenvalue weighted by atomic mass is 32.1. The number of nitrogens with one attached hydrogen (secondary N) is 2. The summed E-state index contributed by atoms with van der Waals surface area (Å²) in [4.78, 5) is 4.28. The lowest BCUT2D eigenvalue weighted by Crippen LogP contribution is -2.30. The molecule has 0 bridgehead atoms. The summed E-state index contributed by atoms with van der Waals surface area (Å²) < 4.78 is 5.42. The number of oxazole rings is 1. The van der Waals surface area contributed by atoms with Gasteiger partial charge in [-0.3, -0.25) is 0 Å². The highest BCUT2D eigenvalue weighted by molar-refractivity contribution is 7.80. The van der Waals surface area contributed by atoms with E-state index < -0.39 is 0 Å². The summed E-state index contributed by atoms with van der Waals surface area (Å²) in [5, 5.41) is 7.06. The SMILES string of the molecule is Cc1nc2cc(NC(=S)NC3CC3)ccc2o1. The Morgan fingerprint density at radius 3 is 3.06 bits per heavy atom. The zero-order valence-corrected chi connectivity index (χ0v) is 10.3. The summed E-state index contributed by atoms with van der Waals surface area (Å²) >= 11 is 5.21. The van der Waals surface area contributed by atoms with Crippen LogP contribution in [-0.4, -0.2) is 16.1 Å². The zero-order chi connectivity index (χ0) is 11.8. The van der Waals surface area contributed by atoms with Crippen molar-refractivity contribution in [2.75, 3.05) is 5.32 Å². The zero-order valence-electron chi connectivity index (χ0n) is 9.49. The fourth-order valence-electron chi connectivity index (χ4n) is 1.70. The molecule has 1 aromatic heterocycles. The number of nitrogens with zero attached hydrogens (tertiary/aromatic N) is 1. The van der Waals surface area contributed by atoms with E-state index in [1.54, 1.807) is 0 Å². The Balaban J connectivity index is 1.77. The van der Waals surface area contributed by atoms with Crippen molar-refractivity contribution >= 4 is 34.1 Å². The molecule has 3 rings (SSSR count). The number of hydrogen-bond donors (Lipinski definition) is 2. The summed E-state index contributed by atoms with van der Waals surface area (Å²) in [6.45, 7) is 1.84. The average Bonchev–Trinajstić information content (AvgIpc) is 2.98. The van der Waals surface area contributed by atoms with Gasteiger partial charge in [-0.2, -0.15) is 0 Å². The van der Waals surface area contributed by atoms with E-state index in [1.165, 1.54) is 12.8 Å². The molecule has 2 aromatic rings. The first-order valence-corrected chi connectivity index (χ1v) is 6.06. The van der Waals surface area contributed by atoms with E-state index in [1.807, 2.05) is 25.1 Å². The number of aryl methyl sites for hydroxylation is 1. The predicted octanol–water partition coefficient (Wildman–Crippen LogP) is 2.59. The summed E-state index contributed by atoms with van der Waals surface area (Å²) in [6, 6.07) is 6.34. The Bertz CT molecular complexity index is 574. The molecule has 0 aliphatic heterocycles. The summed E-state index contributed by atoms with van der Waals surface area (Å²) in [6.07, 6.45) is 2.42. The topological polar surface area (TPSA) is 50.1 Å². The van der Waals surface area contributed by atoms with Crippen LogP contribution in [0.5, 0.6) is 0 Å². The Labute approximate surface area is 104 Å². The minimum Gasteiger partial charge on any atom is -0.441 e. The van der Waals surface area contributed by atoms with Gasteiger partial charge in [-0.25, -0.2) is 4.98 Å². The molecule has 17 heavy (non-hydrogen) atoms. The van der Waals surface area contributed by atoms with Gasteiger partial charge in [0.15, 0.2) is 16.6 Å². The maximum absolute atomic E-state index is 5.42. The second-order valence-corrected chi connectivity index (χ2v) is 4.70. The van der Waals surface area contributed by atoms with E-state index in [2.05, 4.69) is 15.6 Å².